The molecule has 0 unspecified atom stereocenters. The molecule has 10 heteroatoms. The Morgan fingerprint density at radius 3 is 1.95 bits per heavy atom. The lowest BCUT2D eigenvalue weighted by molar-refractivity contribution is -0.140. The highest BCUT2D eigenvalue weighted by molar-refractivity contribution is 7.92. The zero-order chi connectivity index (χ0) is 31.7. The number of nitrogens with zero attached hydrogens (tertiary/aromatic N) is 2. The van der Waals surface area contributed by atoms with Crippen LogP contribution in [-0.2, 0) is 26.2 Å². The zero-order valence-electron chi connectivity index (χ0n) is 26.1. The van der Waals surface area contributed by atoms with Crippen molar-refractivity contribution >= 4 is 27.5 Å². The third-order valence-corrected chi connectivity index (χ3v) is 9.17. The number of aryl methyl sites for hydroxylation is 2. The number of hydrogen-bond acceptors (Lipinski definition) is 6. The van der Waals surface area contributed by atoms with E-state index in [9.17, 15) is 18.0 Å². The molecule has 0 heterocycles. The van der Waals surface area contributed by atoms with E-state index in [1.165, 1.54) is 37.3 Å². The SMILES string of the molecule is CC[C@H](C(=O)N[C@@H](C)CC)N(Cc1ccc(C)cc1)C(=O)CN(c1ccc(C)cc1)S(=O)(=O)c1ccc(OC)c(OC)c1. The standard InChI is InChI=1S/C33H43N3O6S/c1-8-25(5)34-33(38)29(9-2)35(21-26-14-10-23(3)11-15-26)32(37)22-36(27-16-12-24(4)13-17-27)43(39,40)28-18-19-30(41-6)31(20-28)42-7/h10-20,25,29H,8-9,21-22H2,1-7H3,(H,34,38)/t25-,29+/m0/s1. The number of carbonyl (C=O) groups excluding carboxylic acids is 2. The minimum atomic E-state index is -4.26. The number of ether oxygens (including phenoxy) is 2. The normalized spacial score (nSPS) is 12.6. The second-order valence-corrected chi connectivity index (χ2v) is 12.5. The average Bonchev–Trinajstić information content (AvgIpc) is 3.00. The van der Waals surface area contributed by atoms with Gasteiger partial charge in [0.1, 0.15) is 12.6 Å². The van der Waals surface area contributed by atoms with Gasteiger partial charge in [0.25, 0.3) is 10.0 Å². The molecular weight excluding hydrogens is 566 g/mol. The van der Waals surface area contributed by atoms with Crippen LogP contribution in [0.1, 0.15) is 50.3 Å². The molecule has 232 valence electrons. The lowest BCUT2D eigenvalue weighted by Crippen LogP contribution is -2.53. The van der Waals surface area contributed by atoms with Gasteiger partial charge in [-0.25, -0.2) is 8.42 Å². The van der Waals surface area contributed by atoms with Crippen molar-refractivity contribution in [2.24, 2.45) is 0 Å². The average molecular weight is 610 g/mol. The van der Waals surface area contributed by atoms with Crippen molar-refractivity contribution in [3.05, 3.63) is 83.4 Å². The van der Waals surface area contributed by atoms with E-state index in [-0.39, 0.29) is 29.1 Å². The zero-order valence-corrected chi connectivity index (χ0v) is 26.9. The molecule has 0 bridgehead atoms. The number of anilines is 1. The Morgan fingerprint density at radius 1 is 0.837 bits per heavy atom. The van der Waals surface area contributed by atoms with Crippen LogP contribution in [0.15, 0.2) is 71.6 Å². The smallest absolute Gasteiger partial charge is 0.264 e. The molecule has 0 aliphatic rings. The van der Waals surface area contributed by atoms with E-state index in [1.807, 2.05) is 58.9 Å². The largest absolute Gasteiger partial charge is 0.493 e. The maximum atomic E-state index is 14.2. The Kier molecular flexibility index (Phi) is 11.6. The number of rotatable bonds is 14. The Bertz CT molecular complexity index is 1490. The van der Waals surface area contributed by atoms with E-state index in [0.717, 1.165) is 27.4 Å². The number of benzene rings is 3. The molecule has 0 saturated carbocycles. The van der Waals surface area contributed by atoms with Crippen molar-refractivity contribution in [1.29, 1.82) is 0 Å². The first-order valence-corrected chi connectivity index (χ1v) is 15.9. The molecule has 3 aromatic carbocycles. The van der Waals surface area contributed by atoms with Gasteiger partial charge in [-0.05, 0) is 63.4 Å². The maximum Gasteiger partial charge on any atom is 0.264 e. The van der Waals surface area contributed by atoms with Crippen LogP contribution in [0, 0.1) is 13.8 Å². The van der Waals surface area contributed by atoms with Gasteiger partial charge in [0, 0.05) is 18.7 Å². The Labute approximate surface area is 255 Å². The summed E-state index contributed by atoms with van der Waals surface area (Å²) in [7, 11) is -1.37. The number of methoxy groups -OCH3 is 2. The van der Waals surface area contributed by atoms with E-state index in [4.69, 9.17) is 9.47 Å². The van der Waals surface area contributed by atoms with Crippen LogP contribution in [0.4, 0.5) is 5.69 Å². The van der Waals surface area contributed by atoms with Crippen molar-refractivity contribution in [1.82, 2.24) is 10.2 Å². The van der Waals surface area contributed by atoms with E-state index >= 15 is 0 Å². The van der Waals surface area contributed by atoms with Gasteiger partial charge in [-0.15, -0.1) is 0 Å². The summed E-state index contributed by atoms with van der Waals surface area (Å²) in [6.45, 7) is 9.22. The lowest BCUT2D eigenvalue weighted by atomic mass is 10.1. The van der Waals surface area contributed by atoms with Gasteiger partial charge in [-0.2, -0.15) is 0 Å². The summed E-state index contributed by atoms with van der Waals surface area (Å²) < 4.78 is 40.1. The molecule has 0 saturated heterocycles. The van der Waals surface area contributed by atoms with Gasteiger partial charge in [0.15, 0.2) is 11.5 Å². The van der Waals surface area contributed by atoms with Crippen molar-refractivity contribution in [2.75, 3.05) is 25.1 Å². The van der Waals surface area contributed by atoms with Crippen LogP contribution in [-0.4, -0.2) is 58.0 Å². The quantitative estimate of drug-likeness (QED) is 0.268. The van der Waals surface area contributed by atoms with Crippen LogP contribution in [0.2, 0.25) is 0 Å². The highest BCUT2D eigenvalue weighted by atomic mass is 32.2. The topological polar surface area (TPSA) is 105 Å². The van der Waals surface area contributed by atoms with Gasteiger partial charge in [0.2, 0.25) is 11.8 Å². The number of carbonyl (C=O) groups is 2. The molecule has 43 heavy (non-hydrogen) atoms. The first-order valence-electron chi connectivity index (χ1n) is 14.4. The molecule has 1 N–H and O–H groups in total. The molecule has 2 atom stereocenters. The predicted octanol–water partition coefficient (Wildman–Crippen LogP) is 5.24. The minimum absolute atomic E-state index is 0.0647. The molecule has 3 rings (SSSR count). The first-order chi connectivity index (χ1) is 20.4. The first kappa shape index (κ1) is 33.5. The second-order valence-electron chi connectivity index (χ2n) is 10.6. The summed E-state index contributed by atoms with van der Waals surface area (Å²) in [6, 6.07) is 18.0. The summed E-state index contributed by atoms with van der Waals surface area (Å²) in [5, 5.41) is 2.99. The van der Waals surface area contributed by atoms with Crippen LogP contribution in [0.25, 0.3) is 0 Å². The Hall–Kier alpha value is -4.05. The summed E-state index contributed by atoms with van der Waals surface area (Å²) in [4.78, 5) is 29.1. The number of hydrogen-bond donors (Lipinski definition) is 1. The predicted molar refractivity (Wildman–Crippen MR) is 169 cm³/mol. The summed E-state index contributed by atoms with van der Waals surface area (Å²) in [5.41, 5.74) is 3.15. The lowest BCUT2D eigenvalue weighted by Gasteiger charge is -2.33. The molecule has 0 aliphatic carbocycles. The molecule has 0 spiro atoms. The summed E-state index contributed by atoms with van der Waals surface area (Å²) >= 11 is 0. The molecule has 3 aromatic rings. The molecule has 2 amide bonds. The number of nitrogens with one attached hydrogen (secondary N) is 1. The monoisotopic (exact) mass is 609 g/mol. The fourth-order valence-corrected chi connectivity index (χ4v) is 6.02. The van der Waals surface area contributed by atoms with Gasteiger partial charge < -0.3 is 19.7 Å². The molecule has 0 aliphatic heterocycles. The van der Waals surface area contributed by atoms with E-state index in [2.05, 4.69) is 5.32 Å². The molecule has 0 aromatic heterocycles. The third kappa shape index (κ3) is 8.28. The Morgan fingerprint density at radius 2 is 1.42 bits per heavy atom. The highest BCUT2D eigenvalue weighted by Gasteiger charge is 2.34. The summed E-state index contributed by atoms with van der Waals surface area (Å²) in [6.07, 6.45) is 1.09. The summed E-state index contributed by atoms with van der Waals surface area (Å²) in [5.74, 6) is -0.160. The van der Waals surface area contributed by atoms with Crippen molar-refractivity contribution in [2.45, 2.75) is 71.0 Å². The fourth-order valence-electron chi connectivity index (χ4n) is 4.59. The molecule has 9 nitrogen and oxygen atoms in total. The second kappa shape index (κ2) is 14.9. The van der Waals surface area contributed by atoms with Crippen LogP contribution < -0.4 is 19.1 Å². The van der Waals surface area contributed by atoms with Gasteiger partial charge in [0.05, 0.1) is 24.8 Å². The molecular formula is C33H43N3O6S. The highest BCUT2D eigenvalue weighted by Crippen LogP contribution is 2.32. The van der Waals surface area contributed by atoms with E-state index in [1.54, 1.807) is 24.3 Å². The maximum absolute atomic E-state index is 14.2. The number of amides is 2. The third-order valence-electron chi connectivity index (χ3n) is 7.40. The minimum Gasteiger partial charge on any atom is -0.493 e. The van der Waals surface area contributed by atoms with Crippen molar-refractivity contribution in [3.8, 4) is 11.5 Å². The van der Waals surface area contributed by atoms with Crippen molar-refractivity contribution < 1.29 is 27.5 Å². The van der Waals surface area contributed by atoms with E-state index < -0.39 is 28.5 Å². The van der Waals surface area contributed by atoms with Gasteiger partial charge in [-0.1, -0.05) is 61.4 Å². The van der Waals surface area contributed by atoms with Gasteiger partial charge >= 0.3 is 0 Å². The van der Waals surface area contributed by atoms with Crippen LogP contribution in [0.3, 0.4) is 0 Å². The van der Waals surface area contributed by atoms with Crippen molar-refractivity contribution in [3.63, 3.8) is 0 Å². The molecule has 0 fully saturated rings. The Balaban J connectivity index is 2.09. The van der Waals surface area contributed by atoms with Crippen LogP contribution >= 0.6 is 0 Å². The molecule has 0 radical (unpaired) electrons. The fraction of sp³-hybridized carbons (Fsp3) is 0.394. The number of sulfonamides is 1. The van der Waals surface area contributed by atoms with Crippen LogP contribution in [0.5, 0.6) is 11.5 Å². The van der Waals surface area contributed by atoms with Gasteiger partial charge in [-0.3, -0.25) is 13.9 Å². The van der Waals surface area contributed by atoms with E-state index in [0.29, 0.717) is 17.9 Å².